The van der Waals surface area contributed by atoms with Crippen molar-refractivity contribution >= 4 is 0 Å². The van der Waals surface area contributed by atoms with Crippen LogP contribution >= 0.6 is 0 Å². The van der Waals surface area contributed by atoms with Crippen LogP contribution in [0.5, 0.6) is 5.75 Å². The van der Waals surface area contributed by atoms with Crippen molar-refractivity contribution in [2.45, 2.75) is 52.5 Å². The summed E-state index contributed by atoms with van der Waals surface area (Å²) in [5, 5.41) is 8.85. The van der Waals surface area contributed by atoms with Gasteiger partial charge in [0.1, 0.15) is 5.75 Å². The average Bonchev–Trinajstić information content (AvgIpc) is 3.07. The maximum atomic E-state index is 8.85. The van der Waals surface area contributed by atoms with Crippen LogP contribution in [-0.2, 0) is 6.42 Å². The summed E-state index contributed by atoms with van der Waals surface area (Å²) < 4.78 is 6.03. The number of rotatable bonds is 6. The van der Waals surface area contributed by atoms with Crippen LogP contribution in [0.2, 0.25) is 0 Å². The molecule has 0 aliphatic heterocycles. The van der Waals surface area contributed by atoms with Crippen molar-refractivity contribution in [2.75, 3.05) is 6.61 Å². The fourth-order valence-corrected chi connectivity index (χ4v) is 2.70. The van der Waals surface area contributed by atoms with Gasteiger partial charge in [0.25, 0.3) is 0 Å². The predicted octanol–water partition coefficient (Wildman–Crippen LogP) is 3.27. The van der Waals surface area contributed by atoms with E-state index in [0.29, 0.717) is 13.0 Å². The summed E-state index contributed by atoms with van der Waals surface area (Å²) in [6.45, 7) is 6.84. The summed E-state index contributed by atoms with van der Waals surface area (Å²) in [6.07, 6.45) is 3.72. The Morgan fingerprint density at radius 1 is 1.35 bits per heavy atom. The van der Waals surface area contributed by atoms with Gasteiger partial charge in [-0.1, -0.05) is 12.1 Å². The first kappa shape index (κ1) is 14.9. The summed E-state index contributed by atoms with van der Waals surface area (Å²) in [5.74, 6) is 0.975. The molecule has 0 amide bonds. The Balaban J connectivity index is 2.07. The molecule has 1 aromatic rings. The highest BCUT2D eigenvalue weighted by atomic mass is 16.5. The number of nitriles is 1. The van der Waals surface area contributed by atoms with Gasteiger partial charge in [-0.15, -0.1) is 0 Å². The topological polar surface area (TPSA) is 59.0 Å². The molecule has 0 heterocycles. The molecule has 1 aliphatic carbocycles. The molecule has 3 nitrogen and oxygen atoms in total. The molecule has 0 radical (unpaired) electrons. The number of nitrogens with two attached hydrogens (primary N) is 1. The van der Waals surface area contributed by atoms with Crippen molar-refractivity contribution in [3.63, 3.8) is 0 Å². The third-order valence-electron chi connectivity index (χ3n) is 4.01. The van der Waals surface area contributed by atoms with E-state index in [1.807, 2.05) is 6.92 Å². The summed E-state index contributed by atoms with van der Waals surface area (Å²) in [6, 6.07) is 6.77. The lowest BCUT2D eigenvalue weighted by molar-refractivity contribution is 0.234. The van der Waals surface area contributed by atoms with Crippen LogP contribution in [-0.4, -0.2) is 12.6 Å². The van der Waals surface area contributed by atoms with E-state index in [1.54, 1.807) is 0 Å². The van der Waals surface area contributed by atoms with Crippen molar-refractivity contribution in [1.29, 1.82) is 5.26 Å². The molecule has 2 N–H and O–H groups in total. The Labute approximate surface area is 121 Å². The Kier molecular flexibility index (Phi) is 4.35. The highest BCUT2D eigenvalue weighted by molar-refractivity contribution is 5.43. The van der Waals surface area contributed by atoms with Gasteiger partial charge in [0, 0.05) is 17.9 Å². The molecule has 0 spiro atoms. The molecular weight excluding hydrogens is 248 g/mol. The Morgan fingerprint density at radius 3 is 2.40 bits per heavy atom. The van der Waals surface area contributed by atoms with Gasteiger partial charge in [0.05, 0.1) is 12.7 Å². The quantitative estimate of drug-likeness (QED) is 0.864. The zero-order chi connectivity index (χ0) is 14.8. The zero-order valence-electron chi connectivity index (χ0n) is 12.7. The molecule has 0 bridgehead atoms. The minimum Gasteiger partial charge on any atom is -0.492 e. The number of benzene rings is 1. The summed E-state index contributed by atoms with van der Waals surface area (Å²) >= 11 is 0. The highest BCUT2D eigenvalue weighted by Gasteiger charge is 2.43. The van der Waals surface area contributed by atoms with Crippen molar-refractivity contribution in [1.82, 2.24) is 0 Å². The lowest BCUT2D eigenvalue weighted by Crippen LogP contribution is -2.18. The Hall–Kier alpha value is -1.53. The number of hydrogen-bond acceptors (Lipinski definition) is 3. The minimum absolute atomic E-state index is 0.123. The van der Waals surface area contributed by atoms with E-state index >= 15 is 0 Å². The molecule has 0 saturated heterocycles. The number of hydrogen-bond donors (Lipinski definition) is 1. The first-order valence-electron chi connectivity index (χ1n) is 7.31. The van der Waals surface area contributed by atoms with Gasteiger partial charge in [0.2, 0.25) is 0 Å². The number of aryl methyl sites for hydroxylation is 2. The monoisotopic (exact) mass is 272 g/mol. The first-order valence-corrected chi connectivity index (χ1v) is 7.31. The SMILES string of the molecule is Cc1cc(CC(C)N)cc(C)c1OCC1(CC#N)CC1. The van der Waals surface area contributed by atoms with Gasteiger partial charge in [-0.25, -0.2) is 0 Å². The molecule has 1 aliphatic rings. The van der Waals surface area contributed by atoms with Gasteiger partial charge in [-0.3, -0.25) is 0 Å². The molecule has 1 fully saturated rings. The summed E-state index contributed by atoms with van der Waals surface area (Å²) in [4.78, 5) is 0. The predicted molar refractivity (Wildman–Crippen MR) is 80.7 cm³/mol. The van der Waals surface area contributed by atoms with Crippen molar-refractivity contribution in [2.24, 2.45) is 11.1 Å². The van der Waals surface area contributed by atoms with Crippen LogP contribution in [0.15, 0.2) is 12.1 Å². The molecule has 3 heteroatoms. The maximum Gasteiger partial charge on any atom is 0.125 e. The second-order valence-corrected chi connectivity index (χ2v) is 6.36. The molecule has 1 unspecified atom stereocenters. The Morgan fingerprint density at radius 2 is 1.95 bits per heavy atom. The van der Waals surface area contributed by atoms with Gasteiger partial charge in [0.15, 0.2) is 0 Å². The molecule has 1 aromatic carbocycles. The minimum atomic E-state index is 0.123. The van der Waals surface area contributed by atoms with Crippen molar-refractivity contribution in [3.8, 4) is 11.8 Å². The van der Waals surface area contributed by atoms with Gasteiger partial charge >= 0.3 is 0 Å². The molecular formula is C17H24N2O. The van der Waals surface area contributed by atoms with Crippen LogP contribution in [0.3, 0.4) is 0 Å². The summed E-state index contributed by atoms with van der Waals surface area (Å²) in [7, 11) is 0. The second-order valence-electron chi connectivity index (χ2n) is 6.36. The molecule has 1 saturated carbocycles. The van der Waals surface area contributed by atoms with Crippen LogP contribution in [0.25, 0.3) is 0 Å². The molecule has 108 valence electrons. The zero-order valence-corrected chi connectivity index (χ0v) is 12.7. The second kappa shape index (κ2) is 5.85. The van der Waals surface area contributed by atoms with Crippen molar-refractivity contribution in [3.05, 3.63) is 28.8 Å². The van der Waals surface area contributed by atoms with E-state index < -0.39 is 0 Å². The fraction of sp³-hybridized carbons (Fsp3) is 0.588. The van der Waals surface area contributed by atoms with E-state index in [-0.39, 0.29) is 11.5 Å². The van der Waals surface area contributed by atoms with Crippen LogP contribution < -0.4 is 10.5 Å². The Bertz CT molecular complexity index is 501. The third-order valence-corrected chi connectivity index (χ3v) is 4.01. The largest absolute Gasteiger partial charge is 0.492 e. The van der Waals surface area contributed by atoms with Gasteiger partial charge < -0.3 is 10.5 Å². The lowest BCUT2D eigenvalue weighted by Gasteiger charge is -2.18. The molecule has 20 heavy (non-hydrogen) atoms. The van der Waals surface area contributed by atoms with Crippen LogP contribution in [0.1, 0.15) is 42.9 Å². The molecule has 1 atom stereocenters. The lowest BCUT2D eigenvalue weighted by atomic mass is 10.0. The van der Waals surface area contributed by atoms with Crippen LogP contribution in [0, 0.1) is 30.6 Å². The number of ether oxygens (including phenoxy) is 1. The van der Waals surface area contributed by atoms with Crippen LogP contribution in [0.4, 0.5) is 0 Å². The van der Waals surface area contributed by atoms with E-state index in [9.17, 15) is 0 Å². The smallest absolute Gasteiger partial charge is 0.125 e. The van der Waals surface area contributed by atoms with E-state index in [2.05, 4.69) is 32.0 Å². The van der Waals surface area contributed by atoms with E-state index in [1.165, 1.54) is 5.56 Å². The highest BCUT2D eigenvalue weighted by Crippen LogP contribution is 2.49. The standard InChI is InChI=1S/C17H24N2O/c1-12-8-15(10-14(3)19)9-13(2)16(12)20-11-17(4-5-17)6-7-18/h8-9,14H,4-6,10-11,19H2,1-3H3. The first-order chi connectivity index (χ1) is 9.46. The van der Waals surface area contributed by atoms with E-state index in [0.717, 1.165) is 36.1 Å². The maximum absolute atomic E-state index is 8.85. The normalized spacial score (nSPS) is 17.4. The van der Waals surface area contributed by atoms with Crippen molar-refractivity contribution < 1.29 is 4.74 Å². The fourth-order valence-electron chi connectivity index (χ4n) is 2.70. The number of nitrogens with zero attached hydrogens (tertiary/aromatic N) is 1. The van der Waals surface area contributed by atoms with E-state index in [4.69, 9.17) is 15.7 Å². The van der Waals surface area contributed by atoms with Gasteiger partial charge in [-0.05, 0) is 56.7 Å². The van der Waals surface area contributed by atoms with Gasteiger partial charge in [-0.2, -0.15) is 5.26 Å². The summed E-state index contributed by atoms with van der Waals surface area (Å²) in [5.41, 5.74) is 9.57. The third kappa shape index (κ3) is 3.52. The molecule has 0 aromatic heterocycles. The molecule has 2 rings (SSSR count). The average molecular weight is 272 g/mol.